The molecule has 0 spiro atoms. The average molecular weight is 443 g/mol. The maximum atomic E-state index is 13.2. The molecule has 0 radical (unpaired) electrons. The van der Waals surface area contributed by atoms with Crippen molar-refractivity contribution in [3.63, 3.8) is 0 Å². The Morgan fingerprint density at radius 2 is 1.74 bits per heavy atom. The molecular formula is C23H26N2O5S. The number of hydrogen-bond acceptors (Lipinski definition) is 7. The van der Waals surface area contributed by atoms with Crippen LogP contribution < -0.4 is 14.2 Å². The molecule has 2 aromatic rings. The van der Waals surface area contributed by atoms with Crippen molar-refractivity contribution in [3.8, 4) is 17.2 Å². The standard InChI is InChI=1S/C23H26N2O5S/c1-5-30-14-13-25-22(26)19(31-23(25)24-17-9-7-6-8-10-17)15-16-11-12-18(27-2)21(29-4)20(16)28-3/h6-12,15H,5,13-14H2,1-4H3/b19-15-,24-23?. The van der Waals surface area contributed by atoms with Crippen molar-refractivity contribution in [2.75, 3.05) is 41.1 Å². The SMILES string of the molecule is CCOCCN1C(=O)/C(=C/c2ccc(OC)c(OC)c2OC)SC1=Nc1ccccc1. The Bertz CT molecular complexity index is 975. The lowest BCUT2D eigenvalue weighted by atomic mass is 10.1. The number of carbonyl (C=O) groups is 1. The number of methoxy groups -OCH3 is 3. The van der Waals surface area contributed by atoms with Crippen LogP contribution in [0.15, 0.2) is 52.4 Å². The Balaban J connectivity index is 1.99. The van der Waals surface area contributed by atoms with Gasteiger partial charge >= 0.3 is 0 Å². The number of aliphatic imine (C=N–C) groups is 1. The average Bonchev–Trinajstić information content (AvgIpc) is 3.08. The molecule has 0 unspecified atom stereocenters. The first-order valence-electron chi connectivity index (χ1n) is 9.84. The van der Waals surface area contributed by atoms with Crippen molar-refractivity contribution in [2.24, 2.45) is 4.99 Å². The third-order valence-electron chi connectivity index (χ3n) is 4.55. The fraction of sp³-hybridized carbons (Fsp3) is 0.304. The van der Waals surface area contributed by atoms with E-state index in [9.17, 15) is 4.79 Å². The van der Waals surface area contributed by atoms with Crippen molar-refractivity contribution in [1.82, 2.24) is 4.90 Å². The zero-order valence-electron chi connectivity index (χ0n) is 18.1. The minimum Gasteiger partial charge on any atom is -0.493 e. The van der Waals surface area contributed by atoms with Crippen LogP contribution in [0.1, 0.15) is 12.5 Å². The van der Waals surface area contributed by atoms with Gasteiger partial charge in [0.15, 0.2) is 16.7 Å². The Hall–Kier alpha value is -2.97. The number of para-hydroxylation sites is 1. The summed E-state index contributed by atoms with van der Waals surface area (Å²) in [4.78, 5) is 20.0. The largest absolute Gasteiger partial charge is 0.493 e. The molecule has 2 aromatic carbocycles. The summed E-state index contributed by atoms with van der Waals surface area (Å²) in [6.07, 6.45) is 1.79. The second-order valence-corrected chi connectivity index (χ2v) is 7.43. The minimum atomic E-state index is -0.128. The van der Waals surface area contributed by atoms with Crippen LogP contribution in [-0.4, -0.2) is 57.1 Å². The van der Waals surface area contributed by atoms with E-state index in [1.807, 2.05) is 43.3 Å². The van der Waals surface area contributed by atoms with Gasteiger partial charge in [0.05, 0.1) is 45.1 Å². The molecule has 0 saturated carbocycles. The van der Waals surface area contributed by atoms with Gasteiger partial charge in [-0.2, -0.15) is 0 Å². The van der Waals surface area contributed by atoms with Crippen molar-refractivity contribution in [1.29, 1.82) is 0 Å². The van der Waals surface area contributed by atoms with Crippen molar-refractivity contribution in [2.45, 2.75) is 6.92 Å². The maximum absolute atomic E-state index is 13.2. The number of thioether (sulfide) groups is 1. The second kappa shape index (κ2) is 10.9. The Morgan fingerprint density at radius 1 is 1.00 bits per heavy atom. The smallest absolute Gasteiger partial charge is 0.266 e. The second-order valence-electron chi connectivity index (χ2n) is 6.42. The van der Waals surface area contributed by atoms with Gasteiger partial charge in [-0.05, 0) is 49.0 Å². The van der Waals surface area contributed by atoms with Gasteiger partial charge < -0.3 is 18.9 Å². The molecule has 164 valence electrons. The third-order valence-corrected chi connectivity index (χ3v) is 5.56. The van der Waals surface area contributed by atoms with Gasteiger partial charge in [-0.15, -0.1) is 0 Å². The van der Waals surface area contributed by atoms with Crippen LogP contribution in [0.2, 0.25) is 0 Å². The first kappa shape index (κ1) is 22.7. The highest BCUT2D eigenvalue weighted by Crippen LogP contribution is 2.42. The zero-order chi connectivity index (χ0) is 22.2. The summed E-state index contributed by atoms with van der Waals surface area (Å²) in [5.74, 6) is 1.39. The van der Waals surface area contributed by atoms with Gasteiger partial charge in [-0.1, -0.05) is 18.2 Å². The van der Waals surface area contributed by atoms with Gasteiger partial charge in [0, 0.05) is 12.2 Å². The molecule has 0 N–H and O–H groups in total. The number of rotatable bonds is 9. The Morgan fingerprint density at radius 3 is 2.39 bits per heavy atom. The van der Waals surface area contributed by atoms with E-state index in [0.29, 0.717) is 52.6 Å². The minimum absolute atomic E-state index is 0.128. The molecule has 1 aliphatic rings. The zero-order valence-corrected chi connectivity index (χ0v) is 18.9. The molecular weight excluding hydrogens is 416 g/mol. The number of amidine groups is 1. The summed E-state index contributed by atoms with van der Waals surface area (Å²) in [6.45, 7) is 3.37. The molecule has 0 aliphatic carbocycles. The summed E-state index contributed by atoms with van der Waals surface area (Å²) >= 11 is 1.32. The highest BCUT2D eigenvalue weighted by atomic mass is 32.2. The number of carbonyl (C=O) groups excluding carboxylic acids is 1. The molecule has 0 atom stereocenters. The molecule has 1 amide bonds. The lowest BCUT2D eigenvalue weighted by Crippen LogP contribution is -2.32. The van der Waals surface area contributed by atoms with Crippen LogP contribution in [0.25, 0.3) is 6.08 Å². The fourth-order valence-corrected chi connectivity index (χ4v) is 4.10. The maximum Gasteiger partial charge on any atom is 0.266 e. The summed E-state index contributed by atoms with van der Waals surface area (Å²) in [6, 6.07) is 13.2. The summed E-state index contributed by atoms with van der Waals surface area (Å²) in [5, 5.41) is 0.613. The fourth-order valence-electron chi connectivity index (χ4n) is 3.08. The molecule has 1 aliphatic heterocycles. The van der Waals surface area contributed by atoms with Gasteiger partial charge in [0.2, 0.25) is 5.75 Å². The van der Waals surface area contributed by atoms with E-state index in [1.54, 1.807) is 38.4 Å². The van der Waals surface area contributed by atoms with Crippen LogP contribution in [0, 0.1) is 0 Å². The van der Waals surface area contributed by atoms with Gasteiger partial charge in [0.25, 0.3) is 5.91 Å². The summed E-state index contributed by atoms with van der Waals surface area (Å²) in [5.41, 5.74) is 1.49. The predicted molar refractivity (Wildman–Crippen MR) is 123 cm³/mol. The van der Waals surface area contributed by atoms with Crippen LogP contribution >= 0.6 is 11.8 Å². The van der Waals surface area contributed by atoms with E-state index in [1.165, 1.54) is 11.8 Å². The first-order valence-corrected chi connectivity index (χ1v) is 10.7. The van der Waals surface area contributed by atoms with E-state index >= 15 is 0 Å². The van der Waals surface area contributed by atoms with Crippen molar-refractivity contribution < 1.29 is 23.7 Å². The topological polar surface area (TPSA) is 69.6 Å². The molecule has 1 saturated heterocycles. The van der Waals surface area contributed by atoms with E-state index in [4.69, 9.17) is 18.9 Å². The van der Waals surface area contributed by atoms with E-state index < -0.39 is 0 Å². The van der Waals surface area contributed by atoms with Crippen molar-refractivity contribution in [3.05, 3.63) is 52.9 Å². The number of ether oxygens (including phenoxy) is 4. The van der Waals surface area contributed by atoms with Crippen LogP contribution in [0.5, 0.6) is 17.2 Å². The first-order chi connectivity index (χ1) is 15.1. The molecule has 8 heteroatoms. The van der Waals surface area contributed by atoms with E-state index in [-0.39, 0.29) is 5.91 Å². The van der Waals surface area contributed by atoms with Crippen LogP contribution in [0.4, 0.5) is 5.69 Å². The number of benzene rings is 2. The predicted octanol–water partition coefficient (Wildman–Crippen LogP) is 4.35. The van der Waals surface area contributed by atoms with E-state index in [2.05, 4.69) is 4.99 Å². The molecule has 0 aromatic heterocycles. The van der Waals surface area contributed by atoms with Gasteiger partial charge in [-0.25, -0.2) is 4.99 Å². The number of amides is 1. The molecule has 31 heavy (non-hydrogen) atoms. The van der Waals surface area contributed by atoms with Crippen LogP contribution in [-0.2, 0) is 9.53 Å². The number of nitrogens with zero attached hydrogens (tertiary/aromatic N) is 2. The van der Waals surface area contributed by atoms with Crippen LogP contribution in [0.3, 0.4) is 0 Å². The van der Waals surface area contributed by atoms with Crippen molar-refractivity contribution >= 4 is 34.6 Å². The van der Waals surface area contributed by atoms with Gasteiger partial charge in [0.1, 0.15) is 0 Å². The normalized spacial score (nSPS) is 16.3. The summed E-state index contributed by atoms with van der Waals surface area (Å²) < 4.78 is 21.8. The molecule has 0 bridgehead atoms. The quantitative estimate of drug-likeness (QED) is 0.425. The summed E-state index contributed by atoms with van der Waals surface area (Å²) in [7, 11) is 4.67. The highest BCUT2D eigenvalue weighted by Gasteiger charge is 2.33. The lowest BCUT2D eigenvalue weighted by Gasteiger charge is -2.15. The van der Waals surface area contributed by atoms with Gasteiger partial charge in [-0.3, -0.25) is 9.69 Å². The molecule has 1 fully saturated rings. The highest BCUT2D eigenvalue weighted by molar-refractivity contribution is 8.18. The number of hydrogen-bond donors (Lipinski definition) is 0. The molecule has 3 rings (SSSR count). The Labute approximate surface area is 186 Å². The molecule has 7 nitrogen and oxygen atoms in total. The lowest BCUT2D eigenvalue weighted by molar-refractivity contribution is -0.122. The molecule has 1 heterocycles. The monoisotopic (exact) mass is 442 g/mol. The Kier molecular flexibility index (Phi) is 7.97. The third kappa shape index (κ3) is 5.21. The van der Waals surface area contributed by atoms with E-state index in [0.717, 1.165) is 5.69 Å².